The third-order valence-electron chi connectivity index (χ3n) is 5.77. The van der Waals surface area contributed by atoms with E-state index in [-0.39, 0.29) is 50.6 Å². The van der Waals surface area contributed by atoms with Gasteiger partial charge in [-0.05, 0) is 43.5 Å². The Balaban J connectivity index is 2.08. The summed E-state index contributed by atoms with van der Waals surface area (Å²) in [6.45, 7) is -0.0753. The maximum Gasteiger partial charge on any atom is 0.326 e. The standard InChI is InChI=1S/C23H32N4O9/c28-16-7-5-14(6-8-16)11-18(22(34)35)26-23(36)27(10-2-4-19(29)30)13-15(21(32)33)12-25-20(31)17-3-1-9-24-17/h5-8,15,17-18,24,28H,1-4,9-13H2,(H,25,31)(H,26,36)(H,29,30)(H,32,33)(H,34,35)/t15-,17+,18+/m1/s1. The second-order valence-electron chi connectivity index (χ2n) is 8.58. The zero-order valence-electron chi connectivity index (χ0n) is 19.7. The van der Waals surface area contributed by atoms with Crippen LogP contribution in [0.1, 0.15) is 31.2 Å². The fraction of sp³-hybridized carbons (Fsp3) is 0.522. The molecule has 1 aromatic rings. The Morgan fingerprint density at radius 1 is 1.06 bits per heavy atom. The van der Waals surface area contributed by atoms with Crippen LogP contribution >= 0.6 is 0 Å². The lowest BCUT2D eigenvalue weighted by atomic mass is 10.1. The number of phenols is 1. The number of hydrogen-bond donors (Lipinski definition) is 7. The van der Waals surface area contributed by atoms with Crippen LogP contribution in [-0.2, 0) is 25.6 Å². The van der Waals surface area contributed by atoms with Gasteiger partial charge in [0.1, 0.15) is 11.8 Å². The molecule has 13 heteroatoms. The molecule has 0 saturated carbocycles. The first-order chi connectivity index (χ1) is 17.1. The van der Waals surface area contributed by atoms with Crippen LogP contribution in [0.15, 0.2) is 24.3 Å². The number of nitrogens with zero attached hydrogens (tertiary/aromatic N) is 1. The number of carboxylic acids is 3. The summed E-state index contributed by atoms with van der Waals surface area (Å²) in [6, 6.07) is 3.12. The molecule has 1 saturated heterocycles. The first-order valence-corrected chi connectivity index (χ1v) is 11.6. The van der Waals surface area contributed by atoms with E-state index in [1.807, 2.05) is 0 Å². The Kier molecular flexibility index (Phi) is 10.9. The maximum absolute atomic E-state index is 13.0. The second-order valence-corrected chi connectivity index (χ2v) is 8.58. The third kappa shape index (κ3) is 9.41. The number of aromatic hydroxyl groups is 1. The van der Waals surface area contributed by atoms with Crippen molar-refractivity contribution in [2.75, 3.05) is 26.2 Å². The topological polar surface area (TPSA) is 206 Å². The van der Waals surface area contributed by atoms with Crippen LogP contribution in [0.3, 0.4) is 0 Å². The van der Waals surface area contributed by atoms with Gasteiger partial charge < -0.3 is 41.3 Å². The summed E-state index contributed by atoms with van der Waals surface area (Å²) in [5.41, 5.74) is 0.532. The van der Waals surface area contributed by atoms with Gasteiger partial charge in [0.15, 0.2) is 0 Å². The van der Waals surface area contributed by atoms with E-state index in [2.05, 4.69) is 16.0 Å². The van der Waals surface area contributed by atoms with E-state index in [1.54, 1.807) is 0 Å². The molecule has 0 spiro atoms. The number of carbonyl (C=O) groups is 5. The number of phenolic OH excluding ortho intramolecular Hbond substituents is 1. The van der Waals surface area contributed by atoms with Crippen molar-refractivity contribution in [3.05, 3.63) is 29.8 Å². The molecule has 1 fully saturated rings. The molecule has 3 amide bonds. The lowest BCUT2D eigenvalue weighted by Crippen LogP contribution is -2.52. The number of rotatable bonds is 14. The molecule has 0 unspecified atom stereocenters. The molecule has 198 valence electrons. The van der Waals surface area contributed by atoms with E-state index in [0.29, 0.717) is 18.5 Å². The molecule has 1 aliphatic heterocycles. The predicted octanol–water partition coefficient (Wildman–Crippen LogP) is -0.167. The van der Waals surface area contributed by atoms with Crippen LogP contribution in [0, 0.1) is 5.92 Å². The van der Waals surface area contributed by atoms with E-state index in [0.717, 1.165) is 11.3 Å². The van der Waals surface area contributed by atoms with Gasteiger partial charge in [-0.15, -0.1) is 0 Å². The van der Waals surface area contributed by atoms with Crippen LogP contribution in [0.4, 0.5) is 4.79 Å². The fourth-order valence-electron chi connectivity index (χ4n) is 3.76. The Morgan fingerprint density at radius 2 is 1.75 bits per heavy atom. The highest BCUT2D eigenvalue weighted by molar-refractivity contribution is 5.84. The number of aliphatic carboxylic acids is 3. The number of nitrogens with one attached hydrogen (secondary N) is 3. The monoisotopic (exact) mass is 508 g/mol. The smallest absolute Gasteiger partial charge is 0.326 e. The SMILES string of the molecule is O=C(O)CCCN(C[C@@H](CNC(=O)[C@@H]1CCCN1)C(=O)O)C(=O)N[C@@H](Cc1ccc(O)cc1)C(=O)O. The molecule has 0 bridgehead atoms. The molecule has 1 aromatic carbocycles. The minimum atomic E-state index is -1.36. The Hall–Kier alpha value is -3.87. The van der Waals surface area contributed by atoms with E-state index >= 15 is 0 Å². The van der Waals surface area contributed by atoms with Crippen LogP contribution in [0.25, 0.3) is 0 Å². The van der Waals surface area contributed by atoms with Crippen molar-refractivity contribution < 1.29 is 44.4 Å². The number of urea groups is 1. The number of carbonyl (C=O) groups excluding carboxylic acids is 2. The molecule has 0 aliphatic carbocycles. The first kappa shape index (κ1) is 28.4. The maximum atomic E-state index is 13.0. The van der Waals surface area contributed by atoms with Crippen molar-refractivity contribution in [2.24, 2.45) is 5.92 Å². The molecule has 13 nitrogen and oxygen atoms in total. The highest BCUT2D eigenvalue weighted by Gasteiger charge is 2.29. The van der Waals surface area contributed by atoms with E-state index in [1.165, 1.54) is 24.3 Å². The fourth-order valence-corrected chi connectivity index (χ4v) is 3.76. The minimum absolute atomic E-state index is 0.00483. The number of benzene rings is 1. The highest BCUT2D eigenvalue weighted by atomic mass is 16.4. The average Bonchev–Trinajstić information content (AvgIpc) is 3.36. The van der Waals surface area contributed by atoms with Gasteiger partial charge in [-0.1, -0.05) is 12.1 Å². The average molecular weight is 509 g/mol. The van der Waals surface area contributed by atoms with Crippen molar-refractivity contribution in [1.29, 1.82) is 0 Å². The van der Waals surface area contributed by atoms with Gasteiger partial charge >= 0.3 is 23.9 Å². The summed E-state index contributed by atoms with van der Waals surface area (Å²) in [7, 11) is 0. The molecule has 3 atom stereocenters. The van der Waals surface area contributed by atoms with Crippen LogP contribution in [0.2, 0.25) is 0 Å². The number of amides is 3. The van der Waals surface area contributed by atoms with Crippen molar-refractivity contribution >= 4 is 29.8 Å². The molecule has 1 heterocycles. The van der Waals surface area contributed by atoms with E-state index in [9.17, 15) is 39.3 Å². The lowest BCUT2D eigenvalue weighted by Gasteiger charge is -2.28. The third-order valence-corrected chi connectivity index (χ3v) is 5.77. The summed E-state index contributed by atoms with van der Waals surface area (Å²) < 4.78 is 0. The van der Waals surface area contributed by atoms with Gasteiger partial charge in [0.25, 0.3) is 0 Å². The quantitative estimate of drug-likeness (QED) is 0.177. The minimum Gasteiger partial charge on any atom is -0.508 e. The second kappa shape index (κ2) is 13.9. The van der Waals surface area contributed by atoms with Gasteiger partial charge in [-0.25, -0.2) is 9.59 Å². The van der Waals surface area contributed by atoms with Gasteiger partial charge in [-0.2, -0.15) is 0 Å². The molecule has 0 aromatic heterocycles. The molecular formula is C23H32N4O9. The van der Waals surface area contributed by atoms with Gasteiger partial charge in [0.2, 0.25) is 5.91 Å². The Labute approximate surface area is 207 Å². The number of carboxylic acid groups (broad SMARTS) is 3. The normalized spacial score (nSPS) is 16.5. The van der Waals surface area contributed by atoms with E-state index < -0.39 is 41.9 Å². The van der Waals surface area contributed by atoms with Gasteiger partial charge in [0.05, 0.1) is 12.0 Å². The number of hydrogen-bond acceptors (Lipinski definition) is 7. The van der Waals surface area contributed by atoms with E-state index in [4.69, 9.17) is 5.11 Å². The largest absolute Gasteiger partial charge is 0.508 e. The molecule has 36 heavy (non-hydrogen) atoms. The Morgan fingerprint density at radius 3 is 2.31 bits per heavy atom. The van der Waals surface area contributed by atoms with Gasteiger partial charge in [-0.3, -0.25) is 14.4 Å². The van der Waals surface area contributed by atoms with Crippen molar-refractivity contribution in [1.82, 2.24) is 20.9 Å². The summed E-state index contributed by atoms with van der Waals surface area (Å²) in [6.07, 6.45) is 1.10. The van der Waals surface area contributed by atoms with Gasteiger partial charge in [0, 0.05) is 32.5 Å². The van der Waals surface area contributed by atoms with Crippen molar-refractivity contribution in [3.63, 3.8) is 0 Å². The van der Waals surface area contributed by atoms with Crippen LogP contribution in [-0.4, -0.2) is 93.4 Å². The first-order valence-electron chi connectivity index (χ1n) is 11.6. The predicted molar refractivity (Wildman–Crippen MR) is 125 cm³/mol. The lowest BCUT2D eigenvalue weighted by molar-refractivity contribution is -0.143. The van der Waals surface area contributed by atoms with Crippen molar-refractivity contribution in [2.45, 2.75) is 44.2 Å². The molecule has 2 rings (SSSR count). The van der Waals surface area contributed by atoms with Crippen LogP contribution in [0.5, 0.6) is 5.75 Å². The molecular weight excluding hydrogens is 476 g/mol. The highest BCUT2D eigenvalue weighted by Crippen LogP contribution is 2.12. The van der Waals surface area contributed by atoms with Crippen LogP contribution < -0.4 is 16.0 Å². The van der Waals surface area contributed by atoms with Crippen molar-refractivity contribution in [3.8, 4) is 5.75 Å². The molecule has 7 N–H and O–H groups in total. The molecule has 0 radical (unpaired) electrons. The molecule has 1 aliphatic rings. The zero-order chi connectivity index (χ0) is 26.7. The summed E-state index contributed by atoms with van der Waals surface area (Å²) in [5, 5.41) is 45.5. The zero-order valence-corrected chi connectivity index (χ0v) is 19.7. The summed E-state index contributed by atoms with van der Waals surface area (Å²) >= 11 is 0. The summed E-state index contributed by atoms with van der Waals surface area (Å²) in [4.78, 5) is 60.8. The summed E-state index contributed by atoms with van der Waals surface area (Å²) in [5.74, 6) is -5.25. The Bertz CT molecular complexity index is 932.